The summed E-state index contributed by atoms with van der Waals surface area (Å²) in [4.78, 5) is 11.2. The zero-order valence-corrected chi connectivity index (χ0v) is 9.74. The molecule has 1 unspecified atom stereocenters. The van der Waals surface area contributed by atoms with Gasteiger partial charge in [0, 0.05) is 0 Å². The number of carbonyl (C=O) groups is 1. The van der Waals surface area contributed by atoms with Gasteiger partial charge in [-0.05, 0) is 18.8 Å². The highest BCUT2D eigenvalue weighted by Gasteiger charge is 2.29. The van der Waals surface area contributed by atoms with E-state index in [-0.39, 0.29) is 5.92 Å². The van der Waals surface area contributed by atoms with Crippen LogP contribution in [0.25, 0.3) is 0 Å². The molecule has 2 rings (SSSR count). The van der Waals surface area contributed by atoms with Crippen LogP contribution < -0.4 is 5.32 Å². The maximum Gasteiger partial charge on any atom is 0.326 e. The Morgan fingerprint density at radius 3 is 2.81 bits per heavy atom. The standard InChI is InChI=1S/C10H15N3O2S/c14-9(15)8(7-4-2-1-3-5-7)12-10-13-11-6-16-10/h6-8H,1-5H2,(H,12,13)(H,14,15). The monoisotopic (exact) mass is 241 g/mol. The first-order valence-electron chi connectivity index (χ1n) is 5.53. The van der Waals surface area contributed by atoms with Crippen LogP contribution in [-0.4, -0.2) is 27.3 Å². The second kappa shape index (κ2) is 5.25. The van der Waals surface area contributed by atoms with E-state index in [0.717, 1.165) is 25.7 Å². The summed E-state index contributed by atoms with van der Waals surface area (Å²) in [6.07, 6.45) is 5.46. The highest BCUT2D eigenvalue weighted by Crippen LogP contribution is 2.28. The van der Waals surface area contributed by atoms with Crippen molar-refractivity contribution in [3.63, 3.8) is 0 Å². The number of nitrogens with one attached hydrogen (secondary N) is 1. The third-order valence-electron chi connectivity index (χ3n) is 3.03. The molecule has 0 aliphatic heterocycles. The van der Waals surface area contributed by atoms with E-state index in [1.54, 1.807) is 5.51 Å². The van der Waals surface area contributed by atoms with Gasteiger partial charge in [-0.15, -0.1) is 10.2 Å². The van der Waals surface area contributed by atoms with E-state index in [9.17, 15) is 9.90 Å². The predicted octanol–water partition coefficient (Wildman–Crippen LogP) is 1.98. The van der Waals surface area contributed by atoms with Crippen molar-refractivity contribution in [2.45, 2.75) is 38.1 Å². The first-order valence-corrected chi connectivity index (χ1v) is 6.41. The summed E-state index contributed by atoms with van der Waals surface area (Å²) in [5.41, 5.74) is 1.60. The van der Waals surface area contributed by atoms with E-state index in [1.807, 2.05) is 0 Å². The number of anilines is 1. The van der Waals surface area contributed by atoms with Gasteiger partial charge in [-0.25, -0.2) is 4.79 Å². The second-order valence-corrected chi connectivity index (χ2v) is 4.94. The normalized spacial score (nSPS) is 19.2. The number of hydrogen-bond acceptors (Lipinski definition) is 5. The lowest BCUT2D eigenvalue weighted by molar-refractivity contribution is -0.139. The van der Waals surface area contributed by atoms with Gasteiger partial charge in [-0.1, -0.05) is 30.6 Å². The molecule has 1 aromatic rings. The predicted molar refractivity (Wildman–Crippen MR) is 61.5 cm³/mol. The SMILES string of the molecule is O=C(O)C(Nc1nncs1)C1CCCCC1. The minimum atomic E-state index is -0.790. The van der Waals surface area contributed by atoms with Gasteiger partial charge >= 0.3 is 5.97 Å². The molecule has 0 amide bonds. The third kappa shape index (κ3) is 2.69. The molecule has 0 aromatic carbocycles. The minimum absolute atomic E-state index is 0.218. The molecule has 1 saturated carbocycles. The lowest BCUT2D eigenvalue weighted by atomic mass is 9.84. The summed E-state index contributed by atoms with van der Waals surface area (Å²) in [5, 5.41) is 20.3. The minimum Gasteiger partial charge on any atom is -0.480 e. The molecule has 0 saturated heterocycles. The molecule has 0 spiro atoms. The molecule has 1 heterocycles. The van der Waals surface area contributed by atoms with Crippen LogP contribution in [0.1, 0.15) is 32.1 Å². The number of aromatic nitrogens is 2. The lowest BCUT2D eigenvalue weighted by Gasteiger charge is -2.27. The molecule has 6 heteroatoms. The van der Waals surface area contributed by atoms with E-state index in [2.05, 4.69) is 15.5 Å². The summed E-state index contributed by atoms with van der Waals surface area (Å²) < 4.78 is 0. The van der Waals surface area contributed by atoms with Gasteiger partial charge in [0.2, 0.25) is 5.13 Å². The number of rotatable bonds is 4. The molecule has 1 aliphatic carbocycles. The van der Waals surface area contributed by atoms with E-state index in [0.29, 0.717) is 5.13 Å². The largest absolute Gasteiger partial charge is 0.480 e. The van der Waals surface area contributed by atoms with Crippen LogP contribution in [0.5, 0.6) is 0 Å². The fourth-order valence-electron chi connectivity index (χ4n) is 2.22. The second-order valence-electron chi connectivity index (χ2n) is 4.10. The van der Waals surface area contributed by atoms with Gasteiger partial charge in [0.25, 0.3) is 0 Å². The highest BCUT2D eigenvalue weighted by molar-refractivity contribution is 7.13. The average molecular weight is 241 g/mol. The highest BCUT2D eigenvalue weighted by atomic mass is 32.1. The van der Waals surface area contributed by atoms with Crippen molar-refractivity contribution in [3.05, 3.63) is 5.51 Å². The van der Waals surface area contributed by atoms with Gasteiger partial charge in [0.15, 0.2) is 0 Å². The first kappa shape index (κ1) is 11.3. The molecule has 1 aromatic heterocycles. The first-order chi connectivity index (χ1) is 7.77. The van der Waals surface area contributed by atoms with Crippen LogP contribution in [0.2, 0.25) is 0 Å². The molecular formula is C10H15N3O2S. The van der Waals surface area contributed by atoms with Crippen LogP contribution in [0.15, 0.2) is 5.51 Å². The lowest BCUT2D eigenvalue weighted by Crippen LogP contribution is -2.37. The Hall–Kier alpha value is -1.17. The molecule has 2 N–H and O–H groups in total. The Labute approximate surface area is 97.9 Å². The summed E-state index contributed by atoms with van der Waals surface area (Å²) in [6, 6.07) is -0.520. The molecule has 1 atom stereocenters. The molecule has 88 valence electrons. The van der Waals surface area contributed by atoms with Crippen LogP contribution in [0.4, 0.5) is 5.13 Å². The maximum atomic E-state index is 11.2. The third-order valence-corrected chi connectivity index (χ3v) is 3.65. The van der Waals surface area contributed by atoms with Crippen LogP contribution in [-0.2, 0) is 4.79 Å². The summed E-state index contributed by atoms with van der Waals surface area (Å²) in [7, 11) is 0. The quantitative estimate of drug-likeness (QED) is 0.843. The van der Waals surface area contributed by atoms with Crippen molar-refractivity contribution in [2.75, 3.05) is 5.32 Å². The van der Waals surface area contributed by atoms with E-state index < -0.39 is 12.0 Å². The maximum absolute atomic E-state index is 11.2. The zero-order valence-electron chi connectivity index (χ0n) is 8.93. The van der Waals surface area contributed by atoms with Gasteiger partial charge in [-0.3, -0.25) is 0 Å². The number of aliphatic carboxylic acids is 1. The number of carboxylic acid groups (broad SMARTS) is 1. The molecule has 1 fully saturated rings. The average Bonchev–Trinajstić information content (AvgIpc) is 2.79. The Bertz CT molecular complexity index is 336. The van der Waals surface area contributed by atoms with Gasteiger partial charge in [0.1, 0.15) is 11.6 Å². The van der Waals surface area contributed by atoms with Crippen LogP contribution in [0.3, 0.4) is 0 Å². The van der Waals surface area contributed by atoms with Crippen molar-refractivity contribution >= 4 is 22.4 Å². The summed E-state index contributed by atoms with van der Waals surface area (Å²) >= 11 is 1.34. The Morgan fingerprint density at radius 1 is 1.50 bits per heavy atom. The number of hydrogen-bond donors (Lipinski definition) is 2. The van der Waals surface area contributed by atoms with Crippen LogP contribution in [0, 0.1) is 5.92 Å². The van der Waals surface area contributed by atoms with Crippen molar-refractivity contribution in [1.29, 1.82) is 0 Å². The van der Waals surface area contributed by atoms with Crippen molar-refractivity contribution < 1.29 is 9.90 Å². The van der Waals surface area contributed by atoms with Crippen LogP contribution >= 0.6 is 11.3 Å². The zero-order chi connectivity index (χ0) is 11.4. The van der Waals surface area contributed by atoms with Gasteiger partial charge in [-0.2, -0.15) is 0 Å². The summed E-state index contributed by atoms with van der Waals surface area (Å²) in [5.74, 6) is -0.572. The van der Waals surface area contributed by atoms with Crippen molar-refractivity contribution in [3.8, 4) is 0 Å². The smallest absolute Gasteiger partial charge is 0.326 e. The summed E-state index contributed by atoms with van der Waals surface area (Å²) in [6.45, 7) is 0. The van der Waals surface area contributed by atoms with E-state index in [1.165, 1.54) is 17.8 Å². The molecule has 5 nitrogen and oxygen atoms in total. The topological polar surface area (TPSA) is 75.1 Å². The van der Waals surface area contributed by atoms with Crippen molar-refractivity contribution in [1.82, 2.24) is 10.2 Å². The Morgan fingerprint density at radius 2 is 2.25 bits per heavy atom. The molecule has 0 bridgehead atoms. The molecule has 16 heavy (non-hydrogen) atoms. The molecular weight excluding hydrogens is 226 g/mol. The molecule has 1 aliphatic rings. The Balaban J connectivity index is 2.01. The van der Waals surface area contributed by atoms with Crippen molar-refractivity contribution in [2.24, 2.45) is 5.92 Å². The van der Waals surface area contributed by atoms with E-state index in [4.69, 9.17) is 0 Å². The fraction of sp³-hybridized carbons (Fsp3) is 0.700. The molecule has 0 radical (unpaired) electrons. The fourth-order valence-corrected chi connectivity index (χ4v) is 2.70. The van der Waals surface area contributed by atoms with Gasteiger partial charge < -0.3 is 10.4 Å². The van der Waals surface area contributed by atoms with E-state index >= 15 is 0 Å². The number of carboxylic acids is 1. The Kier molecular flexibility index (Phi) is 3.71. The van der Waals surface area contributed by atoms with Gasteiger partial charge in [0.05, 0.1) is 0 Å². The number of nitrogens with zero attached hydrogens (tertiary/aromatic N) is 2.